The number of carbonyl (C=O) groups is 1. The number of nitrogens with two attached hydrogens (primary N) is 1. The lowest BCUT2D eigenvalue weighted by Gasteiger charge is -2.36. The highest BCUT2D eigenvalue weighted by atomic mass is 16.5. The largest absolute Gasteiger partial charge is 0.486 e. The summed E-state index contributed by atoms with van der Waals surface area (Å²) >= 11 is 0. The van der Waals surface area contributed by atoms with Crippen LogP contribution in [0.25, 0.3) is 22.8 Å². The minimum atomic E-state index is -0.404. The Morgan fingerprint density at radius 2 is 1.78 bits per heavy atom. The molecule has 4 rings (SSSR count). The highest BCUT2D eigenvalue weighted by molar-refractivity contribution is 6.01. The van der Waals surface area contributed by atoms with Crippen LogP contribution < -0.4 is 10.5 Å². The molecule has 0 amide bonds. The molecule has 6 nitrogen and oxygen atoms in total. The van der Waals surface area contributed by atoms with Crippen LogP contribution in [0.15, 0.2) is 47.0 Å². The molecule has 27 heavy (non-hydrogen) atoms. The molecule has 138 valence electrons. The first-order valence-electron chi connectivity index (χ1n) is 9.10. The number of rotatable bonds is 4. The second kappa shape index (κ2) is 6.54. The highest BCUT2D eigenvalue weighted by Crippen LogP contribution is 2.38. The lowest BCUT2D eigenvalue weighted by molar-refractivity contribution is 0.0350. The maximum absolute atomic E-state index is 12.7. The predicted octanol–water partition coefficient (Wildman–Crippen LogP) is 4.51. The molecule has 0 bridgehead atoms. The average molecular weight is 363 g/mol. The van der Waals surface area contributed by atoms with Gasteiger partial charge in [0.05, 0.1) is 12.0 Å². The van der Waals surface area contributed by atoms with Gasteiger partial charge in [-0.1, -0.05) is 19.0 Å². The van der Waals surface area contributed by atoms with Crippen LogP contribution >= 0.6 is 0 Å². The standard InChI is InChI=1S/C21H21N3O3/c1-3-21(4-2)12-17(25)16-11-14(7-10-18(16)26-21)20-23-19(24-27-20)13-5-8-15(22)9-6-13/h5-11H,3-4,12,22H2,1-2H3. The predicted molar refractivity (Wildman–Crippen MR) is 102 cm³/mol. The van der Waals surface area contributed by atoms with Crippen molar-refractivity contribution in [2.75, 3.05) is 5.73 Å². The fraction of sp³-hybridized carbons (Fsp3) is 0.286. The molecule has 0 saturated carbocycles. The fourth-order valence-corrected chi connectivity index (χ4v) is 3.36. The van der Waals surface area contributed by atoms with Gasteiger partial charge >= 0.3 is 0 Å². The van der Waals surface area contributed by atoms with Gasteiger partial charge in [0.1, 0.15) is 11.4 Å². The van der Waals surface area contributed by atoms with Crippen LogP contribution in [0.1, 0.15) is 43.5 Å². The quantitative estimate of drug-likeness (QED) is 0.686. The Morgan fingerprint density at radius 3 is 2.48 bits per heavy atom. The molecule has 3 aromatic rings. The van der Waals surface area contributed by atoms with Crippen LogP contribution in [0.3, 0.4) is 0 Å². The number of fused-ring (bicyclic) bond motifs is 1. The number of nitrogen functional groups attached to an aromatic ring is 1. The second-order valence-electron chi connectivity index (χ2n) is 6.85. The average Bonchev–Trinajstić information content (AvgIpc) is 3.18. The molecule has 0 atom stereocenters. The van der Waals surface area contributed by atoms with E-state index in [1.807, 2.05) is 38.1 Å². The topological polar surface area (TPSA) is 91.2 Å². The molecule has 6 heteroatoms. The molecule has 1 aliphatic rings. The van der Waals surface area contributed by atoms with Crippen molar-refractivity contribution in [2.24, 2.45) is 0 Å². The molecule has 0 fully saturated rings. The second-order valence-corrected chi connectivity index (χ2v) is 6.85. The third-order valence-corrected chi connectivity index (χ3v) is 5.22. The smallest absolute Gasteiger partial charge is 0.258 e. The van der Waals surface area contributed by atoms with E-state index < -0.39 is 5.60 Å². The van der Waals surface area contributed by atoms with Gasteiger partial charge in [-0.25, -0.2) is 0 Å². The first-order chi connectivity index (χ1) is 13.0. The Labute approximate surface area is 157 Å². The SMILES string of the molecule is CCC1(CC)CC(=O)c2cc(-c3nc(-c4ccc(N)cc4)no3)ccc2O1. The maximum Gasteiger partial charge on any atom is 0.258 e. The van der Waals surface area contributed by atoms with Crippen LogP contribution in [0.2, 0.25) is 0 Å². The van der Waals surface area contributed by atoms with E-state index in [0.717, 1.165) is 18.4 Å². The van der Waals surface area contributed by atoms with Crippen LogP contribution in [-0.4, -0.2) is 21.5 Å². The van der Waals surface area contributed by atoms with Gasteiger partial charge in [-0.3, -0.25) is 4.79 Å². The molecule has 0 radical (unpaired) electrons. The Morgan fingerprint density at radius 1 is 1.07 bits per heavy atom. The van der Waals surface area contributed by atoms with Gasteiger partial charge in [0, 0.05) is 16.8 Å². The third kappa shape index (κ3) is 3.07. The van der Waals surface area contributed by atoms with Gasteiger partial charge in [-0.05, 0) is 55.3 Å². The Bertz CT molecular complexity index is 988. The number of anilines is 1. The number of benzene rings is 2. The van der Waals surface area contributed by atoms with Gasteiger partial charge < -0.3 is 15.0 Å². The van der Waals surface area contributed by atoms with E-state index in [9.17, 15) is 4.79 Å². The summed E-state index contributed by atoms with van der Waals surface area (Å²) in [5.74, 6) is 1.54. The molecule has 0 spiro atoms. The van der Waals surface area contributed by atoms with Crippen molar-refractivity contribution < 1.29 is 14.1 Å². The lowest BCUT2D eigenvalue weighted by atomic mass is 9.85. The normalized spacial score (nSPS) is 15.3. The van der Waals surface area contributed by atoms with Gasteiger partial charge in [0.2, 0.25) is 5.82 Å². The molecule has 2 aromatic carbocycles. The van der Waals surface area contributed by atoms with Crippen molar-refractivity contribution in [3.8, 4) is 28.6 Å². The number of hydrogen-bond donors (Lipinski definition) is 1. The molecule has 1 aromatic heterocycles. The molecular formula is C21H21N3O3. The summed E-state index contributed by atoms with van der Waals surface area (Å²) in [4.78, 5) is 17.1. The molecule has 0 aliphatic carbocycles. The number of ether oxygens (including phenoxy) is 1. The van der Waals surface area contributed by atoms with E-state index in [4.69, 9.17) is 15.0 Å². The van der Waals surface area contributed by atoms with E-state index in [0.29, 0.717) is 40.7 Å². The molecule has 0 saturated heterocycles. The van der Waals surface area contributed by atoms with Crippen molar-refractivity contribution in [3.63, 3.8) is 0 Å². The van der Waals surface area contributed by atoms with Crippen molar-refractivity contribution >= 4 is 11.5 Å². The lowest BCUT2D eigenvalue weighted by Crippen LogP contribution is -2.40. The number of Topliss-reactive ketones (excluding diaryl/α,β-unsaturated/α-hetero) is 1. The number of hydrogen-bond acceptors (Lipinski definition) is 6. The maximum atomic E-state index is 12.7. The van der Waals surface area contributed by atoms with Gasteiger partial charge in [0.15, 0.2) is 5.78 Å². The summed E-state index contributed by atoms with van der Waals surface area (Å²) in [7, 11) is 0. The van der Waals surface area contributed by atoms with Gasteiger partial charge in [-0.15, -0.1) is 0 Å². The number of aromatic nitrogens is 2. The first-order valence-corrected chi connectivity index (χ1v) is 9.10. The molecular weight excluding hydrogens is 342 g/mol. The van der Waals surface area contributed by atoms with Crippen molar-refractivity contribution in [3.05, 3.63) is 48.0 Å². The van der Waals surface area contributed by atoms with E-state index in [2.05, 4.69) is 10.1 Å². The van der Waals surface area contributed by atoms with E-state index >= 15 is 0 Å². The zero-order valence-corrected chi connectivity index (χ0v) is 15.4. The summed E-state index contributed by atoms with van der Waals surface area (Å²) < 4.78 is 11.6. The van der Waals surface area contributed by atoms with Gasteiger partial charge in [0.25, 0.3) is 5.89 Å². The molecule has 0 unspecified atom stereocenters. The number of carbonyl (C=O) groups excluding carboxylic acids is 1. The Balaban J connectivity index is 1.66. The zero-order chi connectivity index (χ0) is 19.0. The van der Waals surface area contributed by atoms with Crippen LogP contribution in [0, 0.1) is 0 Å². The monoisotopic (exact) mass is 363 g/mol. The minimum Gasteiger partial charge on any atom is -0.486 e. The fourth-order valence-electron chi connectivity index (χ4n) is 3.36. The number of ketones is 1. The molecule has 2 N–H and O–H groups in total. The third-order valence-electron chi connectivity index (χ3n) is 5.22. The van der Waals surface area contributed by atoms with E-state index in [1.54, 1.807) is 18.2 Å². The Hall–Kier alpha value is -3.15. The summed E-state index contributed by atoms with van der Waals surface area (Å²) in [5.41, 5.74) is 8.05. The minimum absolute atomic E-state index is 0.0834. The van der Waals surface area contributed by atoms with Crippen LogP contribution in [0.5, 0.6) is 5.75 Å². The zero-order valence-electron chi connectivity index (χ0n) is 15.4. The van der Waals surface area contributed by atoms with Crippen molar-refractivity contribution in [2.45, 2.75) is 38.7 Å². The van der Waals surface area contributed by atoms with Crippen molar-refractivity contribution in [1.82, 2.24) is 10.1 Å². The highest BCUT2D eigenvalue weighted by Gasteiger charge is 2.37. The number of nitrogens with zero attached hydrogens (tertiary/aromatic N) is 2. The Kier molecular flexibility index (Phi) is 4.18. The summed E-state index contributed by atoms with van der Waals surface area (Å²) in [6.45, 7) is 4.10. The van der Waals surface area contributed by atoms with E-state index in [-0.39, 0.29) is 5.78 Å². The molecule has 2 heterocycles. The van der Waals surface area contributed by atoms with Gasteiger partial charge in [-0.2, -0.15) is 4.98 Å². The van der Waals surface area contributed by atoms with E-state index in [1.165, 1.54) is 0 Å². The summed E-state index contributed by atoms with van der Waals surface area (Å²) in [6, 6.07) is 12.7. The first kappa shape index (κ1) is 17.3. The van der Waals surface area contributed by atoms with Crippen LogP contribution in [-0.2, 0) is 0 Å². The summed E-state index contributed by atoms with van der Waals surface area (Å²) in [6.07, 6.45) is 1.98. The van der Waals surface area contributed by atoms with Crippen LogP contribution in [0.4, 0.5) is 5.69 Å². The molecule has 1 aliphatic heterocycles. The summed E-state index contributed by atoms with van der Waals surface area (Å²) in [5, 5.41) is 4.03. The van der Waals surface area contributed by atoms with Crippen molar-refractivity contribution in [1.29, 1.82) is 0 Å².